The van der Waals surface area contributed by atoms with Gasteiger partial charge >= 0.3 is 0 Å². The van der Waals surface area contributed by atoms with Crippen LogP contribution in [0.3, 0.4) is 0 Å². The fourth-order valence-electron chi connectivity index (χ4n) is 3.28. The molecule has 102 valence electrons. The molecule has 0 spiro atoms. The average molecular weight is 266 g/mol. The molecule has 0 heterocycles. The molecule has 0 aliphatic heterocycles. The Bertz CT molecular complexity index is 633. The summed E-state index contributed by atoms with van der Waals surface area (Å²) in [5.74, 6) is 1.01. The predicted octanol–water partition coefficient (Wildman–Crippen LogP) is 3.32. The van der Waals surface area contributed by atoms with E-state index in [4.69, 9.17) is 4.74 Å². The van der Waals surface area contributed by atoms with Crippen molar-refractivity contribution in [1.82, 2.24) is 0 Å². The SMILES string of the molecule is COc1ccccc1C1(C(C)=O)Cc2ccccc2C1. The molecule has 0 radical (unpaired) electrons. The van der Waals surface area contributed by atoms with Crippen LogP contribution in [-0.4, -0.2) is 12.9 Å². The molecule has 2 nitrogen and oxygen atoms in total. The number of Topliss-reactive ketones (excluding diaryl/α,β-unsaturated/α-hetero) is 1. The van der Waals surface area contributed by atoms with Gasteiger partial charge in [0.2, 0.25) is 0 Å². The second-order valence-electron chi connectivity index (χ2n) is 5.46. The molecule has 2 aromatic rings. The van der Waals surface area contributed by atoms with Crippen molar-refractivity contribution in [3.05, 3.63) is 65.2 Å². The first-order valence-electron chi connectivity index (χ1n) is 6.89. The Morgan fingerprint density at radius 1 is 1.00 bits per heavy atom. The van der Waals surface area contributed by atoms with Crippen LogP contribution in [-0.2, 0) is 23.1 Å². The lowest BCUT2D eigenvalue weighted by atomic mass is 9.74. The standard InChI is InChI=1S/C18H18O2/c1-13(19)18(16-9-5-6-10-17(16)20-2)11-14-7-3-4-8-15(14)12-18/h3-10H,11-12H2,1-2H3. The largest absolute Gasteiger partial charge is 0.496 e. The zero-order chi connectivity index (χ0) is 14.2. The van der Waals surface area contributed by atoms with Crippen LogP contribution in [0.1, 0.15) is 23.6 Å². The van der Waals surface area contributed by atoms with Gasteiger partial charge in [0.05, 0.1) is 12.5 Å². The van der Waals surface area contributed by atoms with Crippen LogP contribution in [0.15, 0.2) is 48.5 Å². The molecular formula is C18H18O2. The maximum atomic E-state index is 12.4. The summed E-state index contributed by atoms with van der Waals surface area (Å²) in [6.07, 6.45) is 1.53. The van der Waals surface area contributed by atoms with Gasteiger partial charge in [0.15, 0.2) is 0 Å². The molecule has 0 saturated heterocycles. The van der Waals surface area contributed by atoms with Crippen LogP contribution in [0.2, 0.25) is 0 Å². The molecule has 1 aliphatic carbocycles. The topological polar surface area (TPSA) is 26.3 Å². The summed E-state index contributed by atoms with van der Waals surface area (Å²) < 4.78 is 5.48. The van der Waals surface area contributed by atoms with Crippen molar-refractivity contribution >= 4 is 5.78 Å². The summed E-state index contributed by atoms with van der Waals surface area (Å²) in [7, 11) is 1.66. The molecule has 20 heavy (non-hydrogen) atoms. The molecule has 0 saturated carbocycles. The van der Waals surface area contributed by atoms with Gasteiger partial charge in [0.25, 0.3) is 0 Å². The maximum absolute atomic E-state index is 12.4. The number of rotatable bonds is 3. The van der Waals surface area contributed by atoms with Gasteiger partial charge in [-0.25, -0.2) is 0 Å². The van der Waals surface area contributed by atoms with E-state index in [-0.39, 0.29) is 5.78 Å². The second kappa shape index (κ2) is 4.78. The molecule has 1 aliphatic rings. The monoisotopic (exact) mass is 266 g/mol. The van der Waals surface area contributed by atoms with Crippen molar-refractivity contribution in [2.24, 2.45) is 0 Å². The molecule has 0 N–H and O–H groups in total. The highest BCUT2D eigenvalue weighted by Gasteiger charge is 2.44. The Balaban J connectivity index is 2.15. The second-order valence-corrected chi connectivity index (χ2v) is 5.46. The molecule has 0 aromatic heterocycles. The minimum Gasteiger partial charge on any atom is -0.496 e. The molecule has 0 bridgehead atoms. The molecule has 0 amide bonds. The normalized spacial score (nSPS) is 15.7. The minimum atomic E-state index is -0.476. The molecule has 0 unspecified atom stereocenters. The highest BCUT2D eigenvalue weighted by Crippen LogP contribution is 2.43. The van der Waals surface area contributed by atoms with E-state index in [2.05, 4.69) is 12.1 Å². The van der Waals surface area contributed by atoms with E-state index in [0.717, 1.165) is 24.2 Å². The Kier molecular flexibility index (Phi) is 3.09. The quantitative estimate of drug-likeness (QED) is 0.852. The van der Waals surface area contributed by atoms with Crippen molar-refractivity contribution in [3.8, 4) is 5.75 Å². The van der Waals surface area contributed by atoms with Crippen LogP contribution >= 0.6 is 0 Å². The highest BCUT2D eigenvalue weighted by atomic mass is 16.5. The molecule has 0 fully saturated rings. The van der Waals surface area contributed by atoms with Gasteiger partial charge in [-0.3, -0.25) is 4.79 Å². The molecule has 2 heteroatoms. The van der Waals surface area contributed by atoms with Crippen LogP contribution < -0.4 is 4.74 Å². The first-order valence-corrected chi connectivity index (χ1v) is 6.89. The number of carbonyl (C=O) groups is 1. The predicted molar refractivity (Wildman–Crippen MR) is 79.2 cm³/mol. The Hall–Kier alpha value is -2.09. The third-order valence-electron chi connectivity index (χ3n) is 4.40. The van der Waals surface area contributed by atoms with Gasteiger partial charge in [0, 0.05) is 5.56 Å². The van der Waals surface area contributed by atoms with Crippen LogP contribution in [0.4, 0.5) is 0 Å². The van der Waals surface area contributed by atoms with Gasteiger partial charge in [-0.05, 0) is 37.0 Å². The summed E-state index contributed by atoms with van der Waals surface area (Å²) in [6, 6.07) is 16.2. The smallest absolute Gasteiger partial charge is 0.141 e. The van der Waals surface area contributed by atoms with E-state index in [0.29, 0.717) is 0 Å². The maximum Gasteiger partial charge on any atom is 0.141 e. The zero-order valence-corrected chi connectivity index (χ0v) is 11.8. The van der Waals surface area contributed by atoms with E-state index >= 15 is 0 Å². The number of hydrogen-bond donors (Lipinski definition) is 0. The molecule has 0 atom stereocenters. The number of benzene rings is 2. The first-order chi connectivity index (χ1) is 9.67. The number of para-hydroxylation sites is 1. The van der Waals surface area contributed by atoms with E-state index in [9.17, 15) is 4.79 Å². The Morgan fingerprint density at radius 2 is 1.55 bits per heavy atom. The van der Waals surface area contributed by atoms with Crippen molar-refractivity contribution in [3.63, 3.8) is 0 Å². The van der Waals surface area contributed by atoms with E-state index in [1.165, 1.54) is 11.1 Å². The number of ether oxygens (including phenoxy) is 1. The molecule has 3 rings (SSSR count). The zero-order valence-electron chi connectivity index (χ0n) is 11.8. The average Bonchev–Trinajstić information content (AvgIpc) is 2.87. The van der Waals surface area contributed by atoms with Crippen molar-refractivity contribution in [2.45, 2.75) is 25.2 Å². The van der Waals surface area contributed by atoms with Gasteiger partial charge in [-0.2, -0.15) is 0 Å². The van der Waals surface area contributed by atoms with Crippen LogP contribution in [0, 0.1) is 0 Å². The fraction of sp³-hybridized carbons (Fsp3) is 0.278. The van der Waals surface area contributed by atoms with Gasteiger partial charge < -0.3 is 4.74 Å². The number of fused-ring (bicyclic) bond motifs is 1. The molecule has 2 aromatic carbocycles. The van der Waals surface area contributed by atoms with E-state index in [1.807, 2.05) is 36.4 Å². The Morgan fingerprint density at radius 3 is 2.10 bits per heavy atom. The lowest BCUT2D eigenvalue weighted by Gasteiger charge is -2.28. The minimum absolute atomic E-state index is 0.207. The van der Waals surface area contributed by atoms with Gasteiger partial charge in [0.1, 0.15) is 11.5 Å². The third-order valence-corrected chi connectivity index (χ3v) is 4.40. The summed E-state index contributed by atoms with van der Waals surface area (Å²) in [4.78, 5) is 12.4. The lowest BCUT2D eigenvalue weighted by molar-refractivity contribution is -0.122. The van der Waals surface area contributed by atoms with Crippen molar-refractivity contribution in [2.75, 3.05) is 7.11 Å². The fourth-order valence-corrected chi connectivity index (χ4v) is 3.28. The summed E-state index contributed by atoms with van der Waals surface area (Å²) in [5, 5.41) is 0. The first kappa shape index (κ1) is 12.9. The van der Waals surface area contributed by atoms with E-state index in [1.54, 1.807) is 14.0 Å². The number of carbonyl (C=O) groups excluding carboxylic acids is 1. The highest BCUT2D eigenvalue weighted by molar-refractivity contribution is 5.90. The van der Waals surface area contributed by atoms with Gasteiger partial charge in [-0.1, -0.05) is 42.5 Å². The third kappa shape index (κ3) is 1.83. The summed E-state index contributed by atoms with van der Waals surface area (Å²) in [5.41, 5.74) is 3.07. The van der Waals surface area contributed by atoms with Crippen LogP contribution in [0.5, 0.6) is 5.75 Å². The summed E-state index contributed by atoms with van der Waals surface area (Å²) >= 11 is 0. The van der Waals surface area contributed by atoms with E-state index < -0.39 is 5.41 Å². The number of methoxy groups -OCH3 is 1. The van der Waals surface area contributed by atoms with Crippen LogP contribution in [0.25, 0.3) is 0 Å². The van der Waals surface area contributed by atoms with Crippen molar-refractivity contribution < 1.29 is 9.53 Å². The Labute approximate surface area is 119 Å². The lowest BCUT2D eigenvalue weighted by Crippen LogP contribution is -2.35. The van der Waals surface area contributed by atoms with Crippen molar-refractivity contribution in [1.29, 1.82) is 0 Å². The van der Waals surface area contributed by atoms with Gasteiger partial charge in [-0.15, -0.1) is 0 Å². The number of ketones is 1. The summed E-state index contributed by atoms with van der Waals surface area (Å²) in [6.45, 7) is 1.69. The number of hydrogen-bond acceptors (Lipinski definition) is 2. The molecular weight excluding hydrogens is 248 g/mol.